The highest BCUT2D eigenvalue weighted by Crippen LogP contribution is 2.38. The number of ether oxygens (including phenoxy) is 1. The second-order valence-corrected chi connectivity index (χ2v) is 9.53. The average molecular weight is 590 g/mol. The molecule has 0 amide bonds. The Labute approximate surface area is 233 Å². The maximum Gasteiger partial charge on any atom is 0.429 e. The summed E-state index contributed by atoms with van der Waals surface area (Å²) in [7, 11) is 0. The zero-order chi connectivity index (χ0) is 30.3. The molecule has 42 heavy (non-hydrogen) atoms. The first-order valence-corrected chi connectivity index (χ1v) is 12.6. The monoisotopic (exact) mass is 590 g/mol. The van der Waals surface area contributed by atoms with Gasteiger partial charge >= 0.3 is 6.11 Å². The van der Waals surface area contributed by atoms with Gasteiger partial charge < -0.3 is 4.74 Å². The van der Waals surface area contributed by atoms with Gasteiger partial charge in [-0.1, -0.05) is 49.7 Å². The molecule has 0 heterocycles. The lowest BCUT2D eigenvalue weighted by Crippen LogP contribution is -2.24. The smallest absolute Gasteiger partial charge is 0.429 e. The van der Waals surface area contributed by atoms with E-state index in [1.165, 1.54) is 36.4 Å². The molecule has 5 aromatic rings. The van der Waals surface area contributed by atoms with Gasteiger partial charge in [-0.2, -0.15) is 8.78 Å². The van der Waals surface area contributed by atoms with Crippen molar-refractivity contribution in [1.29, 1.82) is 0 Å². The van der Waals surface area contributed by atoms with E-state index in [1.807, 2.05) is 0 Å². The van der Waals surface area contributed by atoms with Crippen LogP contribution in [0, 0.1) is 40.7 Å². The normalized spacial score (nSPS) is 11.8. The van der Waals surface area contributed by atoms with Crippen molar-refractivity contribution in [3.63, 3.8) is 0 Å². The molecule has 5 rings (SSSR count). The van der Waals surface area contributed by atoms with E-state index < -0.39 is 63.5 Å². The maximum absolute atomic E-state index is 15.0. The predicted molar refractivity (Wildman–Crippen MR) is 139 cm³/mol. The van der Waals surface area contributed by atoms with Gasteiger partial charge in [0, 0.05) is 5.56 Å². The quantitative estimate of drug-likeness (QED) is 0.135. The fourth-order valence-electron chi connectivity index (χ4n) is 4.66. The molecule has 0 atom stereocenters. The van der Waals surface area contributed by atoms with E-state index in [4.69, 9.17) is 0 Å². The fraction of sp³-hybridized carbons (Fsp3) is 0.125. The summed E-state index contributed by atoms with van der Waals surface area (Å²) >= 11 is 0. The summed E-state index contributed by atoms with van der Waals surface area (Å²) in [6, 6.07) is 12.9. The van der Waals surface area contributed by atoms with Crippen LogP contribution >= 0.6 is 0 Å². The highest BCUT2D eigenvalue weighted by molar-refractivity contribution is 5.85. The number of aryl methyl sites for hydroxylation is 1. The summed E-state index contributed by atoms with van der Waals surface area (Å²) in [6.45, 7) is 1.77. The number of alkyl halides is 2. The van der Waals surface area contributed by atoms with E-state index in [1.54, 1.807) is 6.92 Å². The largest absolute Gasteiger partial charge is 0.429 e. The third-order valence-electron chi connectivity index (χ3n) is 6.73. The Bertz CT molecular complexity index is 1790. The number of hydrogen-bond acceptors (Lipinski definition) is 1. The van der Waals surface area contributed by atoms with Gasteiger partial charge in [-0.3, -0.25) is 0 Å². The standard InChI is InChI=1S/C32H19F9O/c1-2-3-17-4-5-19-12-23(29(37)31(39)27(19)28(17)36)32(40,41)42-21-9-6-16(7-10-21)18-8-11-22(24(33)13-18)20-14-25(34)30(38)26(35)15-20/h4-15H,2-3H2,1H3. The number of rotatable bonds is 7. The number of benzene rings is 5. The molecular formula is C32H19F9O. The summed E-state index contributed by atoms with van der Waals surface area (Å²) in [5.41, 5.74) is -1.15. The van der Waals surface area contributed by atoms with E-state index in [0.717, 1.165) is 18.2 Å². The van der Waals surface area contributed by atoms with Crippen molar-refractivity contribution in [1.82, 2.24) is 0 Å². The van der Waals surface area contributed by atoms with Crippen molar-refractivity contribution in [2.75, 3.05) is 0 Å². The summed E-state index contributed by atoms with van der Waals surface area (Å²) in [6.07, 6.45) is -3.56. The molecule has 0 N–H and O–H groups in total. The summed E-state index contributed by atoms with van der Waals surface area (Å²) in [5.74, 6) is -10.7. The van der Waals surface area contributed by atoms with Crippen molar-refractivity contribution in [2.45, 2.75) is 25.9 Å². The Morgan fingerprint density at radius 1 is 0.595 bits per heavy atom. The molecule has 0 aliphatic rings. The number of halogens is 9. The van der Waals surface area contributed by atoms with Crippen LogP contribution in [-0.4, -0.2) is 0 Å². The van der Waals surface area contributed by atoms with Crippen LogP contribution in [0.15, 0.2) is 72.8 Å². The molecular weight excluding hydrogens is 571 g/mol. The van der Waals surface area contributed by atoms with Gasteiger partial charge in [0.1, 0.15) is 22.9 Å². The average Bonchev–Trinajstić information content (AvgIpc) is 2.95. The van der Waals surface area contributed by atoms with Gasteiger partial charge in [-0.25, -0.2) is 30.7 Å². The van der Waals surface area contributed by atoms with Crippen LogP contribution in [0.4, 0.5) is 39.5 Å². The van der Waals surface area contributed by atoms with E-state index in [0.29, 0.717) is 30.2 Å². The lowest BCUT2D eigenvalue weighted by atomic mass is 9.99. The van der Waals surface area contributed by atoms with Crippen molar-refractivity contribution in [3.05, 3.63) is 125 Å². The number of fused-ring (bicyclic) bond motifs is 1. The van der Waals surface area contributed by atoms with Crippen LogP contribution in [0.5, 0.6) is 5.75 Å². The van der Waals surface area contributed by atoms with E-state index in [9.17, 15) is 30.7 Å². The predicted octanol–water partition coefficient (Wildman–Crippen LogP) is 10.2. The second-order valence-electron chi connectivity index (χ2n) is 9.53. The SMILES string of the molecule is CCCc1ccc2cc(C(F)(F)Oc3ccc(-c4ccc(-c5cc(F)c(F)c(F)c5)c(F)c4)cc3)c(F)c(F)c2c1F. The Morgan fingerprint density at radius 3 is 1.83 bits per heavy atom. The van der Waals surface area contributed by atoms with Crippen molar-refractivity contribution in [3.8, 4) is 28.0 Å². The molecule has 1 nitrogen and oxygen atoms in total. The third-order valence-corrected chi connectivity index (χ3v) is 6.73. The minimum absolute atomic E-state index is 0.131. The van der Waals surface area contributed by atoms with Gasteiger partial charge in [0.15, 0.2) is 29.1 Å². The maximum atomic E-state index is 15.0. The molecule has 0 saturated heterocycles. The summed E-state index contributed by atoms with van der Waals surface area (Å²) in [5, 5.41) is -0.994. The zero-order valence-corrected chi connectivity index (χ0v) is 21.7. The zero-order valence-electron chi connectivity index (χ0n) is 21.7. The van der Waals surface area contributed by atoms with Crippen molar-refractivity contribution < 1.29 is 44.3 Å². The Kier molecular flexibility index (Phi) is 7.66. The van der Waals surface area contributed by atoms with Crippen LogP contribution in [-0.2, 0) is 12.5 Å². The molecule has 0 aromatic heterocycles. The first-order chi connectivity index (χ1) is 19.9. The minimum atomic E-state index is -4.35. The van der Waals surface area contributed by atoms with Gasteiger partial charge in [0.05, 0.1) is 5.39 Å². The van der Waals surface area contributed by atoms with Crippen LogP contribution in [0.2, 0.25) is 0 Å². The Morgan fingerprint density at radius 2 is 1.21 bits per heavy atom. The van der Waals surface area contributed by atoms with Crippen LogP contribution in [0.25, 0.3) is 33.0 Å². The van der Waals surface area contributed by atoms with Gasteiger partial charge in [-0.05, 0) is 70.5 Å². The topological polar surface area (TPSA) is 9.23 Å². The summed E-state index contributed by atoms with van der Waals surface area (Å²) in [4.78, 5) is 0. The van der Waals surface area contributed by atoms with Crippen molar-refractivity contribution >= 4 is 10.8 Å². The molecule has 0 radical (unpaired) electrons. The van der Waals surface area contributed by atoms with Crippen LogP contribution < -0.4 is 4.74 Å². The molecule has 0 bridgehead atoms. The van der Waals surface area contributed by atoms with Crippen LogP contribution in [0.1, 0.15) is 24.5 Å². The van der Waals surface area contributed by atoms with Crippen molar-refractivity contribution in [2.24, 2.45) is 0 Å². The van der Waals surface area contributed by atoms with Gasteiger partial charge in [0.25, 0.3) is 0 Å². The molecule has 5 aromatic carbocycles. The lowest BCUT2D eigenvalue weighted by Gasteiger charge is -2.20. The van der Waals surface area contributed by atoms with Crippen LogP contribution in [0.3, 0.4) is 0 Å². The fourth-order valence-corrected chi connectivity index (χ4v) is 4.66. The minimum Gasteiger partial charge on any atom is -0.429 e. The first kappa shape index (κ1) is 29.0. The van der Waals surface area contributed by atoms with Gasteiger partial charge in [-0.15, -0.1) is 0 Å². The Balaban J connectivity index is 1.40. The van der Waals surface area contributed by atoms with Gasteiger partial charge in [0.2, 0.25) is 0 Å². The molecule has 0 fully saturated rings. The first-order valence-electron chi connectivity index (χ1n) is 12.6. The number of hydrogen-bond donors (Lipinski definition) is 0. The summed E-state index contributed by atoms with van der Waals surface area (Å²) < 4.78 is 134. The molecule has 0 aliphatic heterocycles. The lowest BCUT2D eigenvalue weighted by molar-refractivity contribution is -0.187. The Hall–Kier alpha value is -4.47. The van der Waals surface area contributed by atoms with E-state index in [2.05, 4.69) is 4.74 Å². The highest BCUT2D eigenvalue weighted by Gasteiger charge is 2.40. The molecule has 0 saturated carbocycles. The molecule has 10 heteroatoms. The van der Waals surface area contributed by atoms with E-state index in [-0.39, 0.29) is 34.1 Å². The molecule has 0 aliphatic carbocycles. The highest BCUT2D eigenvalue weighted by atomic mass is 19.3. The molecule has 0 spiro atoms. The molecule has 0 unspecified atom stereocenters. The third kappa shape index (κ3) is 5.29. The second kappa shape index (κ2) is 11.1. The van der Waals surface area contributed by atoms with E-state index >= 15 is 8.78 Å². The molecule has 216 valence electrons.